The second-order valence-corrected chi connectivity index (χ2v) is 8.17. The Hall–Kier alpha value is -2.63. The second-order valence-electron chi connectivity index (χ2n) is 8.17. The van der Waals surface area contributed by atoms with Crippen LogP contribution in [0.3, 0.4) is 0 Å². The summed E-state index contributed by atoms with van der Waals surface area (Å²) in [4.78, 5) is 12.1. The quantitative estimate of drug-likeness (QED) is 0.754. The SMILES string of the molecule is Cc1ccc(Nc2nc(N3CC(C)CC(C)C3)nc3c2cnn3C)c(C)c1. The number of aromatic nitrogens is 4. The maximum atomic E-state index is 4.92. The van der Waals surface area contributed by atoms with Gasteiger partial charge in [0.15, 0.2) is 5.65 Å². The third-order valence-electron chi connectivity index (χ3n) is 5.37. The summed E-state index contributed by atoms with van der Waals surface area (Å²) in [5, 5.41) is 8.88. The first-order valence-corrected chi connectivity index (χ1v) is 9.69. The smallest absolute Gasteiger partial charge is 0.229 e. The molecule has 1 fully saturated rings. The van der Waals surface area contributed by atoms with E-state index in [0.717, 1.165) is 41.6 Å². The van der Waals surface area contributed by atoms with Crippen LogP contribution in [0.4, 0.5) is 17.5 Å². The van der Waals surface area contributed by atoms with E-state index in [4.69, 9.17) is 9.97 Å². The van der Waals surface area contributed by atoms with Crippen molar-refractivity contribution in [3.63, 3.8) is 0 Å². The molecule has 1 aliphatic rings. The van der Waals surface area contributed by atoms with Gasteiger partial charge >= 0.3 is 0 Å². The van der Waals surface area contributed by atoms with Gasteiger partial charge in [-0.05, 0) is 43.7 Å². The first-order valence-electron chi connectivity index (χ1n) is 9.69. The van der Waals surface area contributed by atoms with Crippen LogP contribution in [0.25, 0.3) is 11.0 Å². The molecule has 0 bridgehead atoms. The Morgan fingerprint density at radius 1 is 1.07 bits per heavy atom. The zero-order valence-corrected chi connectivity index (χ0v) is 16.8. The fraction of sp³-hybridized carbons (Fsp3) is 0.476. The minimum Gasteiger partial charge on any atom is -0.340 e. The molecule has 0 radical (unpaired) electrons. The van der Waals surface area contributed by atoms with Gasteiger partial charge in [-0.2, -0.15) is 15.1 Å². The van der Waals surface area contributed by atoms with Crippen LogP contribution in [0, 0.1) is 25.7 Å². The highest BCUT2D eigenvalue weighted by Crippen LogP contribution is 2.30. The van der Waals surface area contributed by atoms with Crippen LogP contribution in [0.5, 0.6) is 0 Å². The van der Waals surface area contributed by atoms with Gasteiger partial charge in [0.1, 0.15) is 5.82 Å². The standard InChI is InChI=1S/C21H28N6/c1-13-6-7-18(16(4)9-13)23-19-17-10-22-26(5)20(17)25-21(24-19)27-11-14(2)8-15(3)12-27/h6-7,9-10,14-15H,8,11-12H2,1-5H3,(H,23,24,25). The van der Waals surface area contributed by atoms with E-state index < -0.39 is 0 Å². The molecule has 0 amide bonds. The average Bonchev–Trinajstić information content (AvgIpc) is 2.98. The second kappa shape index (κ2) is 6.83. The summed E-state index contributed by atoms with van der Waals surface area (Å²) >= 11 is 0. The van der Waals surface area contributed by atoms with Crippen molar-refractivity contribution in [2.45, 2.75) is 34.1 Å². The van der Waals surface area contributed by atoms with Crippen LogP contribution in [0.2, 0.25) is 0 Å². The van der Waals surface area contributed by atoms with Gasteiger partial charge in [-0.25, -0.2) is 0 Å². The fourth-order valence-corrected chi connectivity index (χ4v) is 4.16. The summed E-state index contributed by atoms with van der Waals surface area (Å²) in [6.07, 6.45) is 3.10. The molecule has 6 nitrogen and oxygen atoms in total. The van der Waals surface area contributed by atoms with Crippen LogP contribution < -0.4 is 10.2 Å². The van der Waals surface area contributed by atoms with E-state index in [9.17, 15) is 0 Å². The largest absolute Gasteiger partial charge is 0.340 e. The number of hydrogen-bond donors (Lipinski definition) is 1. The maximum absolute atomic E-state index is 4.92. The average molecular weight is 364 g/mol. The Bertz CT molecular complexity index is 966. The van der Waals surface area contributed by atoms with Crippen molar-refractivity contribution in [2.24, 2.45) is 18.9 Å². The van der Waals surface area contributed by atoms with Gasteiger partial charge in [0.2, 0.25) is 5.95 Å². The number of nitrogens with one attached hydrogen (secondary N) is 1. The number of rotatable bonds is 3. The summed E-state index contributed by atoms with van der Waals surface area (Å²) in [5.74, 6) is 2.91. The summed E-state index contributed by atoms with van der Waals surface area (Å²) in [6.45, 7) is 10.8. The number of aryl methyl sites for hydroxylation is 3. The number of nitrogens with zero attached hydrogens (tertiary/aromatic N) is 5. The number of anilines is 3. The molecule has 1 aliphatic heterocycles. The lowest BCUT2D eigenvalue weighted by molar-refractivity contribution is 0.354. The molecule has 4 rings (SSSR count). The summed E-state index contributed by atoms with van der Waals surface area (Å²) in [7, 11) is 1.93. The number of hydrogen-bond acceptors (Lipinski definition) is 5. The molecule has 0 aliphatic carbocycles. The van der Waals surface area contributed by atoms with Crippen LogP contribution in [-0.2, 0) is 7.05 Å². The third-order valence-corrected chi connectivity index (χ3v) is 5.37. The van der Waals surface area contributed by atoms with Crippen LogP contribution >= 0.6 is 0 Å². The first-order chi connectivity index (χ1) is 12.9. The maximum Gasteiger partial charge on any atom is 0.229 e. The topological polar surface area (TPSA) is 58.9 Å². The molecule has 3 heterocycles. The number of fused-ring (bicyclic) bond motifs is 1. The molecule has 1 N–H and O–H groups in total. The molecule has 6 heteroatoms. The molecule has 0 spiro atoms. The Labute approximate surface area is 160 Å². The molecular weight excluding hydrogens is 336 g/mol. The summed E-state index contributed by atoms with van der Waals surface area (Å²) in [6, 6.07) is 6.41. The van der Waals surface area contributed by atoms with E-state index in [1.54, 1.807) is 0 Å². The van der Waals surface area contributed by atoms with Crippen molar-refractivity contribution < 1.29 is 0 Å². The summed E-state index contributed by atoms with van der Waals surface area (Å²) < 4.78 is 1.82. The van der Waals surface area contributed by atoms with Crippen LogP contribution in [-0.4, -0.2) is 32.8 Å². The normalized spacial score (nSPS) is 20.3. The van der Waals surface area contributed by atoms with Gasteiger partial charge in [-0.15, -0.1) is 0 Å². The van der Waals surface area contributed by atoms with Crippen LogP contribution in [0.1, 0.15) is 31.4 Å². The monoisotopic (exact) mass is 364 g/mol. The Balaban J connectivity index is 1.77. The molecule has 2 aromatic heterocycles. The predicted octanol–water partition coefficient (Wildman–Crippen LogP) is 4.21. The lowest BCUT2D eigenvalue weighted by Gasteiger charge is -2.35. The molecule has 1 aromatic carbocycles. The lowest BCUT2D eigenvalue weighted by Crippen LogP contribution is -2.39. The van der Waals surface area contributed by atoms with Crippen molar-refractivity contribution in [1.29, 1.82) is 0 Å². The van der Waals surface area contributed by atoms with Crippen molar-refractivity contribution in [3.8, 4) is 0 Å². The lowest BCUT2D eigenvalue weighted by atomic mass is 9.92. The highest BCUT2D eigenvalue weighted by atomic mass is 15.3. The number of benzene rings is 1. The van der Waals surface area contributed by atoms with Gasteiger partial charge in [0.25, 0.3) is 0 Å². The van der Waals surface area contributed by atoms with E-state index in [-0.39, 0.29) is 0 Å². The molecule has 27 heavy (non-hydrogen) atoms. The Morgan fingerprint density at radius 3 is 2.52 bits per heavy atom. The third kappa shape index (κ3) is 3.48. The zero-order valence-electron chi connectivity index (χ0n) is 16.8. The van der Waals surface area contributed by atoms with Gasteiger partial charge in [0.05, 0.1) is 11.6 Å². The Kier molecular flexibility index (Phi) is 4.50. The first kappa shape index (κ1) is 17.8. The van der Waals surface area contributed by atoms with E-state index in [0.29, 0.717) is 11.8 Å². The van der Waals surface area contributed by atoms with Gasteiger partial charge in [0, 0.05) is 25.8 Å². The van der Waals surface area contributed by atoms with E-state index in [2.05, 4.69) is 61.2 Å². The highest BCUT2D eigenvalue weighted by molar-refractivity contribution is 5.89. The minimum absolute atomic E-state index is 0.648. The highest BCUT2D eigenvalue weighted by Gasteiger charge is 2.25. The van der Waals surface area contributed by atoms with E-state index in [1.807, 2.05) is 17.9 Å². The van der Waals surface area contributed by atoms with Gasteiger partial charge < -0.3 is 10.2 Å². The molecule has 3 aromatic rings. The molecule has 2 atom stereocenters. The van der Waals surface area contributed by atoms with Crippen molar-refractivity contribution in [3.05, 3.63) is 35.5 Å². The van der Waals surface area contributed by atoms with Gasteiger partial charge in [-0.1, -0.05) is 31.5 Å². The minimum atomic E-state index is 0.648. The molecule has 0 saturated carbocycles. The Morgan fingerprint density at radius 2 is 1.81 bits per heavy atom. The molecule has 1 saturated heterocycles. The van der Waals surface area contributed by atoms with Gasteiger partial charge in [-0.3, -0.25) is 4.68 Å². The molecular formula is C21H28N6. The zero-order chi connectivity index (χ0) is 19.1. The van der Waals surface area contributed by atoms with E-state index in [1.165, 1.54) is 17.5 Å². The van der Waals surface area contributed by atoms with E-state index >= 15 is 0 Å². The summed E-state index contributed by atoms with van der Waals surface area (Å²) in [5.41, 5.74) is 4.38. The van der Waals surface area contributed by atoms with Crippen molar-refractivity contribution in [1.82, 2.24) is 19.7 Å². The molecule has 142 valence electrons. The van der Waals surface area contributed by atoms with Crippen molar-refractivity contribution in [2.75, 3.05) is 23.3 Å². The molecule has 2 unspecified atom stereocenters. The van der Waals surface area contributed by atoms with Crippen LogP contribution in [0.15, 0.2) is 24.4 Å². The fourth-order valence-electron chi connectivity index (χ4n) is 4.16. The van der Waals surface area contributed by atoms with Crippen molar-refractivity contribution >= 4 is 28.5 Å². The predicted molar refractivity (Wildman–Crippen MR) is 111 cm³/mol. The number of piperidine rings is 1.